The zero-order chi connectivity index (χ0) is 36.5. The van der Waals surface area contributed by atoms with Crippen LogP contribution < -0.4 is 0 Å². The molecule has 3 heterocycles. The summed E-state index contributed by atoms with van der Waals surface area (Å²) in [7, 11) is 0. The Bertz CT molecular complexity index is 3250. The van der Waals surface area contributed by atoms with Gasteiger partial charge in [-0.1, -0.05) is 146 Å². The van der Waals surface area contributed by atoms with Crippen molar-refractivity contribution in [1.29, 1.82) is 0 Å². The Labute approximate surface area is 318 Å². The van der Waals surface area contributed by atoms with E-state index in [-0.39, 0.29) is 0 Å². The summed E-state index contributed by atoms with van der Waals surface area (Å²) in [5.41, 5.74) is 11.8. The van der Waals surface area contributed by atoms with Crippen molar-refractivity contribution < 1.29 is 0 Å². The maximum Gasteiger partial charge on any atom is 0.145 e. The van der Waals surface area contributed by atoms with Crippen molar-refractivity contribution in [2.24, 2.45) is 0 Å². The lowest BCUT2D eigenvalue weighted by Gasteiger charge is -2.16. The Morgan fingerprint density at radius 2 is 1.16 bits per heavy atom. The van der Waals surface area contributed by atoms with E-state index in [0.717, 1.165) is 72.8 Å². The highest BCUT2D eigenvalue weighted by Crippen LogP contribution is 2.41. The molecule has 0 radical (unpaired) electrons. The second-order valence-corrected chi connectivity index (χ2v) is 14.3. The van der Waals surface area contributed by atoms with Gasteiger partial charge >= 0.3 is 0 Å². The van der Waals surface area contributed by atoms with E-state index in [1.54, 1.807) is 0 Å². The van der Waals surface area contributed by atoms with E-state index in [9.17, 15) is 0 Å². The number of imidazole rings is 2. The van der Waals surface area contributed by atoms with Crippen molar-refractivity contribution in [2.45, 2.75) is 6.54 Å². The van der Waals surface area contributed by atoms with Crippen molar-refractivity contribution in [3.8, 4) is 39.6 Å². The fourth-order valence-corrected chi connectivity index (χ4v) is 8.46. The lowest BCUT2D eigenvalue weighted by Crippen LogP contribution is -2.02. The molecule has 0 N–H and O–H groups in total. The number of aromatic nitrogens is 4. The third-order valence-electron chi connectivity index (χ3n) is 11.1. The lowest BCUT2D eigenvalue weighted by atomic mass is 9.93. The highest BCUT2D eigenvalue weighted by molar-refractivity contribution is 6.24. The number of benzene rings is 8. The molecule has 55 heavy (non-hydrogen) atoms. The maximum absolute atomic E-state index is 5.45. The summed E-state index contributed by atoms with van der Waals surface area (Å²) in [4.78, 5) is 10.6. The van der Waals surface area contributed by atoms with Gasteiger partial charge in [0.1, 0.15) is 11.6 Å². The summed E-state index contributed by atoms with van der Waals surface area (Å²) in [6.07, 6.45) is 8.52. The van der Waals surface area contributed by atoms with Crippen LogP contribution in [0.2, 0.25) is 0 Å². The Kier molecular flexibility index (Phi) is 7.04. The molecule has 0 fully saturated rings. The van der Waals surface area contributed by atoms with Gasteiger partial charge in [0.25, 0.3) is 0 Å². The first kappa shape index (κ1) is 31.2. The molecule has 0 saturated carbocycles. The molecule has 4 heteroatoms. The van der Waals surface area contributed by atoms with Gasteiger partial charge in [-0.05, 0) is 86.3 Å². The van der Waals surface area contributed by atoms with Gasteiger partial charge < -0.3 is 4.57 Å². The summed E-state index contributed by atoms with van der Waals surface area (Å²) in [5.74, 6) is 1.88. The molecule has 258 valence electrons. The summed E-state index contributed by atoms with van der Waals surface area (Å²) in [5, 5.41) is 7.19. The Morgan fingerprint density at radius 3 is 2.00 bits per heavy atom. The van der Waals surface area contributed by atoms with Gasteiger partial charge in [0.05, 0.1) is 22.1 Å². The molecule has 1 aliphatic rings. The van der Waals surface area contributed by atoms with Gasteiger partial charge in [0.2, 0.25) is 0 Å². The van der Waals surface area contributed by atoms with Crippen LogP contribution in [-0.2, 0) is 6.54 Å². The van der Waals surface area contributed by atoms with Crippen molar-refractivity contribution in [2.75, 3.05) is 0 Å². The molecule has 4 nitrogen and oxygen atoms in total. The number of rotatable bonds is 3. The Hall–Kier alpha value is -7.30. The summed E-state index contributed by atoms with van der Waals surface area (Å²) >= 11 is 0. The summed E-state index contributed by atoms with van der Waals surface area (Å²) in [6, 6.07) is 56.3. The molecule has 10 aromatic rings. The minimum absolute atomic E-state index is 0.709. The molecule has 0 atom stereocenters. The fraction of sp³-hybridized carbons (Fsp3) is 0.0196. The highest BCUT2D eigenvalue weighted by Gasteiger charge is 2.22. The topological polar surface area (TPSA) is 35.6 Å². The first-order valence-electron chi connectivity index (χ1n) is 18.7. The number of hydrogen-bond acceptors (Lipinski definition) is 2. The number of hydrogen-bond donors (Lipinski definition) is 0. The number of fused-ring (bicyclic) bond motifs is 12. The zero-order valence-electron chi connectivity index (χ0n) is 30.0. The number of para-hydroxylation sites is 3. The highest BCUT2D eigenvalue weighted by atomic mass is 15.1. The molecule has 0 bridgehead atoms. The first-order chi connectivity index (χ1) is 27.2. The molecule has 1 aliphatic heterocycles. The lowest BCUT2D eigenvalue weighted by molar-refractivity contribution is 0.862. The van der Waals surface area contributed by atoms with Crippen LogP contribution in [0.15, 0.2) is 189 Å². The fourth-order valence-electron chi connectivity index (χ4n) is 8.46. The average Bonchev–Trinajstić information content (AvgIpc) is 3.83. The van der Waals surface area contributed by atoms with E-state index >= 15 is 0 Å². The van der Waals surface area contributed by atoms with Crippen molar-refractivity contribution in [1.82, 2.24) is 19.1 Å². The van der Waals surface area contributed by atoms with Gasteiger partial charge in [-0.15, -0.1) is 0 Å². The van der Waals surface area contributed by atoms with Crippen LogP contribution in [0.5, 0.6) is 0 Å². The molecule has 0 spiro atoms. The van der Waals surface area contributed by atoms with E-state index in [1.807, 2.05) is 12.1 Å². The minimum atomic E-state index is 0.709. The van der Waals surface area contributed by atoms with Crippen molar-refractivity contribution >= 4 is 60.0 Å². The number of allylic oxidation sites excluding steroid dienone is 5. The average molecular weight is 703 g/mol. The van der Waals surface area contributed by atoms with Crippen LogP contribution in [0.4, 0.5) is 0 Å². The number of nitrogens with zero attached hydrogens (tertiary/aromatic N) is 4. The summed E-state index contributed by atoms with van der Waals surface area (Å²) < 4.78 is 4.63. The molecular formula is C51H34N4. The molecule has 0 saturated heterocycles. The van der Waals surface area contributed by atoms with Crippen LogP contribution in [0.1, 0.15) is 5.56 Å². The van der Waals surface area contributed by atoms with Crippen LogP contribution >= 0.6 is 0 Å². The standard InChI is InChI=1S/C51H34N4/c1-33-14-4-3-13-29-54-49-43-20-10-8-18-41(43)40-17-7-9-19-42(40)48(49)53-51(54)44-28-27-37(32-45(33)44)35-23-24-36-31-38(26-25-34(36)30-35)50-52-46-21-11-12-22-47(46)55(50)39-15-5-2-6-16-39/h2-28,30-32H,1,29H2/b13-3-,14-4-. The third kappa shape index (κ3) is 4.99. The smallest absolute Gasteiger partial charge is 0.145 e. The van der Waals surface area contributed by atoms with E-state index in [4.69, 9.17) is 9.97 Å². The van der Waals surface area contributed by atoms with E-state index in [1.165, 1.54) is 32.3 Å². The van der Waals surface area contributed by atoms with Crippen LogP contribution in [-0.4, -0.2) is 19.1 Å². The van der Waals surface area contributed by atoms with E-state index < -0.39 is 0 Å². The van der Waals surface area contributed by atoms with Crippen molar-refractivity contribution in [3.63, 3.8) is 0 Å². The van der Waals surface area contributed by atoms with E-state index in [0.29, 0.717) is 6.54 Å². The minimum Gasteiger partial charge on any atom is -0.320 e. The van der Waals surface area contributed by atoms with E-state index in [2.05, 4.69) is 186 Å². The van der Waals surface area contributed by atoms with Crippen LogP contribution in [0.25, 0.3) is 99.5 Å². The van der Waals surface area contributed by atoms with Gasteiger partial charge in [0.15, 0.2) is 0 Å². The molecule has 0 amide bonds. The maximum atomic E-state index is 5.45. The van der Waals surface area contributed by atoms with Crippen molar-refractivity contribution in [3.05, 3.63) is 194 Å². The van der Waals surface area contributed by atoms with Gasteiger partial charge in [0, 0.05) is 34.1 Å². The zero-order valence-corrected chi connectivity index (χ0v) is 30.0. The third-order valence-corrected chi connectivity index (χ3v) is 11.1. The normalized spacial score (nSPS) is 14.1. The second-order valence-electron chi connectivity index (χ2n) is 14.3. The molecule has 0 aliphatic carbocycles. The van der Waals surface area contributed by atoms with Gasteiger partial charge in [-0.25, -0.2) is 9.97 Å². The Balaban J connectivity index is 1.04. The Morgan fingerprint density at radius 1 is 0.509 bits per heavy atom. The monoisotopic (exact) mass is 702 g/mol. The summed E-state index contributed by atoms with van der Waals surface area (Å²) in [6.45, 7) is 5.27. The molecule has 2 aromatic heterocycles. The molecular weight excluding hydrogens is 669 g/mol. The quantitative estimate of drug-likeness (QED) is 0.172. The van der Waals surface area contributed by atoms with Gasteiger partial charge in [-0.2, -0.15) is 0 Å². The predicted molar refractivity (Wildman–Crippen MR) is 231 cm³/mol. The molecule has 0 unspecified atom stereocenters. The molecule has 8 aromatic carbocycles. The second kappa shape index (κ2) is 12.4. The van der Waals surface area contributed by atoms with Crippen LogP contribution in [0.3, 0.4) is 0 Å². The SMILES string of the molecule is C=C1/C=C\C=C/Cn2c(nc3c4ccccc4c4ccccc4c32)-c2ccc(-c3ccc4cc(-c5nc6ccccc6n5-c5ccccc5)ccc4c3)cc21. The van der Waals surface area contributed by atoms with Crippen LogP contribution in [0, 0.1) is 0 Å². The van der Waals surface area contributed by atoms with Gasteiger partial charge in [-0.3, -0.25) is 4.57 Å². The predicted octanol–water partition coefficient (Wildman–Crippen LogP) is 13.0. The largest absolute Gasteiger partial charge is 0.320 e. The molecule has 11 rings (SSSR count). The first-order valence-corrected chi connectivity index (χ1v) is 18.7.